The molecule has 1 amide bonds. The number of nitrogens with zero attached hydrogens (tertiary/aromatic N) is 1. The zero-order valence-corrected chi connectivity index (χ0v) is 11.5. The molecule has 5 nitrogen and oxygen atoms in total. The quantitative estimate of drug-likeness (QED) is 0.751. The van der Waals surface area contributed by atoms with E-state index in [0.717, 1.165) is 30.2 Å². The minimum Gasteiger partial charge on any atom is -0.399 e. The van der Waals surface area contributed by atoms with Gasteiger partial charge in [-0.3, -0.25) is 9.79 Å². The van der Waals surface area contributed by atoms with Gasteiger partial charge in [0.1, 0.15) is 5.84 Å². The van der Waals surface area contributed by atoms with Crippen molar-refractivity contribution in [3.63, 3.8) is 0 Å². The molecule has 1 aliphatic rings. The average Bonchev–Trinajstić information content (AvgIpc) is 3.03. The van der Waals surface area contributed by atoms with Gasteiger partial charge in [0.25, 0.3) is 5.91 Å². The normalized spacial score (nSPS) is 13.4. The molecule has 0 aromatic heterocycles. The van der Waals surface area contributed by atoms with Crippen molar-refractivity contribution in [2.45, 2.75) is 0 Å². The Hall–Kier alpha value is -2.82. The highest BCUT2D eigenvalue weighted by atomic mass is 16.1. The molecule has 1 heterocycles. The van der Waals surface area contributed by atoms with Crippen LogP contribution in [0.25, 0.3) is 0 Å². The van der Waals surface area contributed by atoms with Gasteiger partial charge in [-0.15, -0.1) is 0 Å². The molecule has 21 heavy (non-hydrogen) atoms. The number of hydrogen-bond acceptors (Lipinski definition) is 4. The molecule has 2 aromatic rings. The molecule has 0 spiro atoms. The minimum atomic E-state index is -0.154. The van der Waals surface area contributed by atoms with Gasteiger partial charge in [-0.25, -0.2) is 0 Å². The number of nitrogens with one attached hydrogen (secondary N) is 2. The Morgan fingerprint density at radius 1 is 1.10 bits per heavy atom. The van der Waals surface area contributed by atoms with Crippen LogP contribution in [-0.4, -0.2) is 24.8 Å². The van der Waals surface area contributed by atoms with Gasteiger partial charge >= 0.3 is 0 Å². The van der Waals surface area contributed by atoms with Crippen LogP contribution in [0, 0.1) is 0 Å². The van der Waals surface area contributed by atoms with E-state index in [-0.39, 0.29) is 5.91 Å². The van der Waals surface area contributed by atoms with E-state index in [1.54, 1.807) is 24.3 Å². The van der Waals surface area contributed by atoms with E-state index < -0.39 is 0 Å². The second-order valence-corrected chi connectivity index (χ2v) is 4.81. The molecule has 1 aliphatic heterocycles. The maximum absolute atomic E-state index is 12.1. The molecule has 0 aliphatic carbocycles. The predicted octanol–water partition coefficient (Wildman–Crippen LogP) is 1.87. The summed E-state index contributed by atoms with van der Waals surface area (Å²) in [6, 6.07) is 14.4. The van der Waals surface area contributed by atoms with Crippen LogP contribution < -0.4 is 16.4 Å². The minimum absolute atomic E-state index is 0.154. The number of amides is 1. The van der Waals surface area contributed by atoms with Gasteiger partial charge in [-0.05, 0) is 48.5 Å². The van der Waals surface area contributed by atoms with E-state index in [0.29, 0.717) is 11.3 Å². The molecule has 5 heteroatoms. The Balaban J connectivity index is 1.70. The second kappa shape index (κ2) is 5.66. The van der Waals surface area contributed by atoms with Gasteiger partial charge in [0.2, 0.25) is 0 Å². The van der Waals surface area contributed by atoms with E-state index in [2.05, 4.69) is 15.6 Å². The summed E-state index contributed by atoms with van der Waals surface area (Å²) >= 11 is 0. The van der Waals surface area contributed by atoms with Crippen LogP contribution in [0.1, 0.15) is 15.9 Å². The Morgan fingerprint density at radius 2 is 1.81 bits per heavy atom. The van der Waals surface area contributed by atoms with Gasteiger partial charge in [-0.1, -0.05) is 0 Å². The molecule has 0 saturated carbocycles. The fourth-order valence-corrected chi connectivity index (χ4v) is 2.14. The van der Waals surface area contributed by atoms with Crippen LogP contribution in [0.4, 0.5) is 11.4 Å². The van der Waals surface area contributed by atoms with Gasteiger partial charge in [-0.2, -0.15) is 0 Å². The monoisotopic (exact) mass is 280 g/mol. The number of carbonyl (C=O) groups excluding carboxylic acids is 1. The van der Waals surface area contributed by atoms with Crippen molar-refractivity contribution < 1.29 is 4.79 Å². The SMILES string of the molecule is Nc1ccc(C(=O)Nc2ccc(C3=NCCN3)cc2)cc1. The number of hydrogen-bond donors (Lipinski definition) is 3. The van der Waals surface area contributed by atoms with Crippen molar-refractivity contribution in [1.29, 1.82) is 0 Å². The van der Waals surface area contributed by atoms with Crippen molar-refractivity contribution in [1.82, 2.24) is 5.32 Å². The number of amidine groups is 1. The smallest absolute Gasteiger partial charge is 0.255 e. The molecule has 0 bridgehead atoms. The first kappa shape index (κ1) is 13.2. The number of aliphatic imine (C=N–C) groups is 1. The van der Waals surface area contributed by atoms with Crippen molar-refractivity contribution in [2.24, 2.45) is 4.99 Å². The van der Waals surface area contributed by atoms with Crippen LogP contribution in [-0.2, 0) is 0 Å². The summed E-state index contributed by atoms with van der Waals surface area (Å²) in [6.07, 6.45) is 0. The molecular weight excluding hydrogens is 264 g/mol. The number of anilines is 2. The summed E-state index contributed by atoms with van der Waals surface area (Å²) in [5.41, 5.74) is 8.60. The van der Waals surface area contributed by atoms with Crippen molar-refractivity contribution in [2.75, 3.05) is 24.1 Å². The highest BCUT2D eigenvalue weighted by molar-refractivity contribution is 6.05. The van der Waals surface area contributed by atoms with Gasteiger partial charge < -0.3 is 16.4 Å². The maximum Gasteiger partial charge on any atom is 0.255 e. The Labute approximate surface area is 122 Å². The molecule has 3 rings (SSSR count). The first-order valence-electron chi connectivity index (χ1n) is 6.78. The number of nitrogens with two attached hydrogens (primary N) is 1. The summed E-state index contributed by atoms with van der Waals surface area (Å²) < 4.78 is 0. The van der Waals surface area contributed by atoms with Crippen LogP contribution in [0.3, 0.4) is 0 Å². The van der Waals surface area contributed by atoms with E-state index in [1.165, 1.54) is 0 Å². The Kier molecular flexibility index (Phi) is 3.55. The summed E-state index contributed by atoms with van der Waals surface area (Å²) in [6.45, 7) is 1.69. The molecule has 4 N–H and O–H groups in total. The van der Waals surface area contributed by atoms with E-state index in [9.17, 15) is 4.79 Å². The number of nitrogen functional groups attached to an aromatic ring is 1. The van der Waals surface area contributed by atoms with Crippen molar-refractivity contribution >= 4 is 23.1 Å². The third-order valence-corrected chi connectivity index (χ3v) is 3.26. The summed E-state index contributed by atoms with van der Waals surface area (Å²) in [4.78, 5) is 16.4. The lowest BCUT2D eigenvalue weighted by molar-refractivity contribution is 0.102. The Bertz CT molecular complexity index is 674. The molecule has 106 valence electrons. The molecular formula is C16H16N4O. The molecule has 0 unspecified atom stereocenters. The molecule has 0 fully saturated rings. The number of benzene rings is 2. The molecule has 2 aromatic carbocycles. The van der Waals surface area contributed by atoms with E-state index >= 15 is 0 Å². The third-order valence-electron chi connectivity index (χ3n) is 3.26. The lowest BCUT2D eigenvalue weighted by Crippen LogP contribution is -2.19. The third kappa shape index (κ3) is 3.02. The van der Waals surface area contributed by atoms with E-state index in [4.69, 9.17) is 5.73 Å². The largest absolute Gasteiger partial charge is 0.399 e. The zero-order valence-electron chi connectivity index (χ0n) is 11.5. The van der Waals surface area contributed by atoms with Crippen LogP contribution in [0.2, 0.25) is 0 Å². The first-order valence-corrected chi connectivity index (χ1v) is 6.78. The van der Waals surface area contributed by atoms with Crippen molar-refractivity contribution in [3.8, 4) is 0 Å². The topological polar surface area (TPSA) is 79.5 Å². The van der Waals surface area contributed by atoms with Crippen molar-refractivity contribution in [3.05, 3.63) is 59.7 Å². The summed E-state index contributed by atoms with van der Waals surface area (Å²) in [5, 5.41) is 6.07. The van der Waals surface area contributed by atoms with Gasteiger partial charge in [0.05, 0.1) is 6.54 Å². The van der Waals surface area contributed by atoms with Crippen LogP contribution >= 0.6 is 0 Å². The standard InChI is InChI=1S/C16H16N4O/c17-13-5-1-12(2-6-13)16(21)20-14-7-3-11(4-8-14)15-18-9-10-19-15/h1-8H,9-10,17H2,(H,18,19)(H,20,21). The lowest BCUT2D eigenvalue weighted by Gasteiger charge is -2.07. The van der Waals surface area contributed by atoms with Crippen LogP contribution in [0.15, 0.2) is 53.5 Å². The van der Waals surface area contributed by atoms with E-state index in [1.807, 2.05) is 24.3 Å². The molecule has 0 atom stereocenters. The molecule has 0 radical (unpaired) electrons. The second-order valence-electron chi connectivity index (χ2n) is 4.81. The fourth-order valence-electron chi connectivity index (χ4n) is 2.14. The fraction of sp³-hybridized carbons (Fsp3) is 0.125. The summed E-state index contributed by atoms with van der Waals surface area (Å²) in [7, 11) is 0. The number of carbonyl (C=O) groups is 1. The lowest BCUT2D eigenvalue weighted by atomic mass is 10.1. The Morgan fingerprint density at radius 3 is 2.43 bits per heavy atom. The first-order chi connectivity index (χ1) is 10.2. The zero-order chi connectivity index (χ0) is 14.7. The molecule has 0 saturated heterocycles. The van der Waals surface area contributed by atoms with Gasteiger partial charge in [0.15, 0.2) is 0 Å². The summed E-state index contributed by atoms with van der Waals surface area (Å²) in [5.74, 6) is 0.755. The highest BCUT2D eigenvalue weighted by Crippen LogP contribution is 2.13. The maximum atomic E-state index is 12.1. The van der Waals surface area contributed by atoms with Crippen LogP contribution in [0.5, 0.6) is 0 Å². The average molecular weight is 280 g/mol. The highest BCUT2D eigenvalue weighted by Gasteiger charge is 2.09. The van der Waals surface area contributed by atoms with Gasteiger partial charge in [0, 0.05) is 29.0 Å². The number of rotatable bonds is 3. The predicted molar refractivity (Wildman–Crippen MR) is 84.7 cm³/mol.